The van der Waals surface area contributed by atoms with Gasteiger partial charge in [-0.05, 0) is 25.1 Å². The number of ether oxygens (including phenoxy) is 1. The summed E-state index contributed by atoms with van der Waals surface area (Å²) in [5.41, 5.74) is 0.468. The predicted molar refractivity (Wildman–Crippen MR) is 64.2 cm³/mol. The second kappa shape index (κ2) is 5.93. The lowest BCUT2D eigenvalue weighted by Gasteiger charge is -2.00. The van der Waals surface area contributed by atoms with E-state index in [9.17, 15) is 4.79 Å². The fraction of sp³-hybridized carbons (Fsp3) is 0.182. The molecule has 0 amide bonds. The summed E-state index contributed by atoms with van der Waals surface area (Å²) in [5, 5.41) is 0.426. The van der Waals surface area contributed by atoms with Crippen LogP contribution in [0.25, 0.3) is 0 Å². The number of benzene rings is 1. The molecule has 0 bridgehead atoms. The van der Waals surface area contributed by atoms with Gasteiger partial charge in [-0.1, -0.05) is 27.5 Å². The van der Waals surface area contributed by atoms with Gasteiger partial charge in [0, 0.05) is 16.1 Å². The minimum atomic E-state index is -0.166. The van der Waals surface area contributed by atoms with Gasteiger partial charge in [-0.25, -0.2) is 0 Å². The first-order valence-electron chi connectivity index (χ1n) is 4.42. The average molecular weight is 290 g/mol. The smallest absolute Gasteiger partial charge is 0.190 e. The largest absolute Gasteiger partial charge is 0.501 e. The van der Waals surface area contributed by atoms with Crippen LogP contribution >= 0.6 is 27.5 Å². The molecule has 1 rings (SSSR count). The third-order valence-corrected chi connectivity index (χ3v) is 2.48. The van der Waals surface area contributed by atoms with Crippen LogP contribution in [0.3, 0.4) is 0 Å². The van der Waals surface area contributed by atoms with Crippen LogP contribution in [0.5, 0.6) is 0 Å². The van der Waals surface area contributed by atoms with Gasteiger partial charge in [-0.2, -0.15) is 0 Å². The first-order valence-corrected chi connectivity index (χ1v) is 5.59. The van der Waals surface area contributed by atoms with Crippen LogP contribution in [-0.4, -0.2) is 12.4 Å². The van der Waals surface area contributed by atoms with Crippen molar-refractivity contribution in [1.82, 2.24) is 0 Å². The van der Waals surface area contributed by atoms with E-state index in [1.165, 1.54) is 12.3 Å². The summed E-state index contributed by atoms with van der Waals surface area (Å²) in [7, 11) is 0. The summed E-state index contributed by atoms with van der Waals surface area (Å²) in [6.45, 7) is 2.39. The van der Waals surface area contributed by atoms with E-state index < -0.39 is 0 Å². The first kappa shape index (κ1) is 12.3. The minimum absolute atomic E-state index is 0.166. The normalized spacial score (nSPS) is 10.6. The number of hydrogen-bond donors (Lipinski definition) is 0. The fourth-order valence-corrected chi connectivity index (χ4v) is 1.75. The van der Waals surface area contributed by atoms with Gasteiger partial charge in [-0.15, -0.1) is 0 Å². The van der Waals surface area contributed by atoms with Gasteiger partial charge in [-0.3, -0.25) is 4.79 Å². The molecule has 4 heteroatoms. The van der Waals surface area contributed by atoms with Crippen LogP contribution in [0.2, 0.25) is 5.02 Å². The van der Waals surface area contributed by atoms with Crippen molar-refractivity contribution in [3.63, 3.8) is 0 Å². The predicted octanol–water partition coefficient (Wildman–Crippen LogP) is 3.84. The minimum Gasteiger partial charge on any atom is -0.501 e. The molecule has 0 aromatic heterocycles. The highest BCUT2D eigenvalue weighted by molar-refractivity contribution is 9.10. The number of allylic oxidation sites excluding steroid dienone is 1. The number of hydrogen-bond acceptors (Lipinski definition) is 2. The van der Waals surface area contributed by atoms with E-state index in [0.29, 0.717) is 17.2 Å². The van der Waals surface area contributed by atoms with Gasteiger partial charge in [0.25, 0.3) is 0 Å². The molecule has 2 nitrogen and oxygen atoms in total. The lowest BCUT2D eigenvalue weighted by Crippen LogP contribution is -1.95. The molecule has 0 N–H and O–H groups in total. The molecule has 0 spiro atoms. The maximum absolute atomic E-state index is 11.6. The number of carbonyl (C=O) groups excluding carboxylic acids is 1. The average Bonchev–Trinajstić information content (AvgIpc) is 2.17. The molecule has 1 aromatic carbocycles. The second-order valence-corrected chi connectivity index (χ2v) is 4.07. The molecule has 0 heterocycles. The fourth-order valence-electron chi connectivity index (χ4n) is 0.985. The van der Waals surface area contributed by atoms with E-state index in [0.717, 1.165) is 4.47 Å². The summed E-state index contributed by atoms with van der Waals surface area (Å²) < 4.78 is 5.78. The van der Waals surface area contributed by atoms with Gasteiger partial charge in [0.2, 0.25) is 0 Å². The molecular weight excluding hydrogens is 279 g/mol. The number of rotatable bonds is 4. The Hall–Kier alpha value is -0.800. The zero-order chi connectivity index (χ0) is 11.3. The van der Waals surface area contributed by atoms with Gasteiger partial charge in [0.1, 0.15) is 0 Å². The molecule has 0 saturated carbocycles. The zero-order valence-electron chi connectivity index (χ0n) is 8.17. The Balaban J connectivity index is 2.82. The molecule has 15 heavy (non-hydrogen) atoms. The van der Waals surface area contributed by atoms with Crippen LogP contribution < -0.4 is 0 Å². The molecule has 0 fully saturated rings. The van der Waals surface area contributed by atoms with E-state index in [1.54, 1.807) is 18.2 Å². The third-order valence-electron chi connectivity index (χ3n) is 1.68. The Kier molecular flexibility index (Phi) is 4.85. The molecule has 0 atom stereocenters. The van der Waals surface area contributed by atoms with Gasteiger partial charge >= 0.3 is 0 Å². The maximum atomic E-state index is 11.6. The van der Waals surface area contributed by atoms with Crippen molar-refractivity contribution in [3.05, 3.63) is 45.6 Å². The van der Waals surface area contributed by atoms with Crippen molar-refractivity contribution in [2.45, 2.75) is 6.92 Å². The first-order chi connectivity index (χ1) is 7.15. The Labute approximate surface area is 102 Å². The van der Waals surface area contributed by atoms with Crippen molar-refractivity contribution in [1.29, 1.82) is 0 Å². The van der Waals surface area contributed by atoms with Gasteiger partial charge in [0.05, 0.1) is 17.9 Å². The van der Waals surface area contributed by atoms with E-state index in [-0.39, 0.29) is 5.78 Å². The highest BCUT2D eigenvalue weighted by Gasteiger charge is 2.07. The molecule has 0 aliphatic heterocycles. The van der Waals surface area contributed by atoms with Crippen molar-refractivity contribution >= 4 is 33.3 Å². The van der Waals surface area contributed by atoms with Crippen LogP contribution in [0.15, 0.2) is 35.0 Å². The summed E-state index contributed by atoms with van der Waals surface area (Å²) >= 11 is 9.18. The maximum Gasteiger partial charge on any atom is 0.190 e. The number of ketones is 1. The van der Waals surface area contributed by atoms with Crippen LogP contribution in [0, 0.1) is 0 Å². The molecule has 1 aromatic rings. The highest BCUT2D eigenvalue weighted by atomic mass is 79.9. The second-order valence-electron chi connectivity index (χ2n) is 2.75. The lowest BCUT2D eigenvalue weighted by atomic mass is 10.1. The molecule has 0 aliphatic rings. The van der Waals surface area contributed by atoms with Crippen molar-refractivity contribution < 1.29 is 9.53 Å². The summed E-state index contributed by atoms with van der Waals surface area (Å²) in [6.07, 6.45) is 2.74. The standard InChI is InChI=1S/C11H10BrClO2/c1-2-15-6-5-11(14)9-4-3-8(12)7-10(9)13/h3-7H,2H2,1H3/b6-5+. The van der Waals surface area contributed by atoms with Gasteiger partial charge < -0.3 is 4.74 Å². The van der Waals surface area contributed by atoms with Crippen LogP contribution in [0.1, 0.15) is 17.3 Å². The number of carbonyl (C=O) groups is 1. The van der Waals surface area contributed by atoms with Crippen molar-refractivity contribution in [3.8, 4) is 0 Å². The molecule has 80 valence electrons. The lowest BCUT2D eigenvalue weighted by molar-refractivity contribution is 0.104. The van der Waals surface area contributed by atoms with Crippen LogP contribution in [-0.2, 0) is 4.74 Å². The summed E-state index contributed by atoms with van der Waals surface area (Å²) in [6, 6.07) is 5.13. The third kappa shape index (κ3) is 3.68. The topological polar surface area (TPSA) is 26.3 Å². The zero-order valence-corrected chi connectivity index (χ0v) is 10.5. The summed E-state index contributed by atoms with van der Waals surface area (Å²) in [4.78, 5) is 11.6. The molecule has 0 saturated heterocycles. The molecular formula is C11H10BrClO2. The molecule has 0 aliphatic carbocycles. The van der Waals surface area contributed by atoms with Crippen molar-refractivity contribution in [2.75, 3.05) is 6.61 Å². The van der Waals surface area contributed by atoms with Crippen molar-refractivity contribution in [2.24, 2.45) is 0 Å². The Morgan fingerprint density at radius 2 is 2.33 bits per heavy atom. The number of halogens is 2. The van der Waals surface area contributed by atoms with E-state index in [1.807, 2.05) is 6.92 Å². The molecule has 0 unspecified atom stereocenters. The van der Waals surface area contributed by atoms with E-state index >= 15 is 0 Å². The SMILES string of the molecule is CCO/C=C/C(=O)c1ccc(Br)cc1Cl. The Morgan fingerprint density at radius 1 is 1.60 bits per heavy atom. The monoisotopic (exact) mass is 288 g/mol. The summed E-state index contributed by atoms with van der Waals surface area (Å²) in [5.74, 6) is -0.166. The van der Waals surface area contributed by atoms with E-state index in [4.69, 9.17) is 16.3 Å². The Morgan fingerprint density at radius 3 is 2.93 bits per heavy atom. The van der Waals surface area contributed by atoms with Crippen LogP contribution in [0.4, 0.5) is 0 Å². The molecule has 0 radical (unpaired) electrons. The quantitative estimate of drug-likeness (QED) is 0.478. The van der Waals surface area contributed by atoms with E-state index in [2.05, 4.69) is 15.9 Å². The highest BCUT2D eigenvalue weighted by Crippen LogP contribution is 2.21. The van der Waals surface area contributed by atoms with Gasteiger partial charge in [0.15, 0.2) is 5.78 Å². The Bertz CT molecular complexity index is 388.